The molecule has 44 heavy (non-hydrogen) atoms. The van der Waals surface area contributed by atoms with Gasteiger partial charge in [-0.1, -0.05) is 71.8 Å². The molecule has 0 aromatic heterocycles. The Morgan fingerprint density at radius 3 is 1.18 bits per heavy atom. The van der Waals surface area contributed by atoms with Gasteiger partial charge in [-0.25, -0.2) is 0 Å². The maximum atomic E-state index is 2.23. The van der Waals surface area contributed by atoms with Gasteiger partial charge in [0.05, 0.1) is 0 Å². The monoisotopic (exact) mass is 772 g/mol. The molecule has 0 heterocycles. The van der Waals surface area contributed by atoms with Gasteiger partial charge in [0, 0.05) is 0 Å². The summed E-state index contributed by atoms with van der Waals surface area (Å²) in [6, 6.07) is 26.0. The van der Waals surface area contributed by atoms with E-state index in [1.807, 2.05) is 0 Å². The van der Waals surface area contributed by atoms with E-state index in [1.54, 1.807) is 54.9 Å². The average molecular weight is 776 g/mol. The third kappa shape index (κ3) is 10.9. The molecule has 0 saturated heterocycles. The summed E-state index contributed by atoms with van der Waals surface area (Å²) in [5, 5.41) is 5.44. The molecule has 0 bridgehead atoms. The van der Waals surface area contributed by atoms with E-state index in [1.165, 1.54) is 108 Å². The zero-order valence-electron chi connectivity index (χ0n) is 25.6. The molecule has 0 nitrogen and oxygen atoms in total. The van der Waals surface area contributed by atoms with E-state index in [9.17, 15) is 0 Å². The van der Waals surface area contributed by atoms with Crippen molar-refractivity contribution >= 4 is 39.1 Å². The second kappa shape index (κ2) is 20.1. The predicted molar refractivity (Wildman–Crippen MR) is 179 cm³/mol. The fourth-order valence-electron chi connectivity index (χ4n) is 6.11. The fraction of sp³-hybridized carbons (Fsp3) is 0.300. The minimum atomic E-state index is 0. The molecule has 2 saturated carbocycles. The molecule has 4 aliphatic carbocycles. The Kier molecular flexibility index (Phi) is 16.9. The summed E-state index contributed by atoms with van der Waals surface area (Å²) >= 11 is 3.38. The first-order valence-corrected chi connectivity index (χ1v) is 18.3. The third-order valence-electron chi connectivity index (χ3n) is 8.51. The van der Waals surface area contributed by atoms with Gasteiger partial charge in [0.25, 0.3) is 0 Å². The van der Waals surface area contributed by atoms with E-state index in [-0.39, 0.29) is 24.8 Å². The zero-order valence-corrected chi connectivity index (χ0v) is 32.1. The summed E-state index contributed by atoms with van der Waals surface area (Å²) in [5.41, 5.74) is 5.66. The average Bonchev–Trinajstić information content (AvgIpc) is 3.85. The molecule has 0 amide bonds. The Bertz CT molecular complexity index is 1490. The second-order valence-electron chi connectivity index (χ2n) is 11.6. The van der Waals surface area contributed by atoms with Crippen molar-refractivity contribution in [3.63, 3.8) is 0 Å². The van der Waals surface area contributed by atoms with Gasteiger partial charge >= 0.3 is 119 Å². The Balaban J connectivity index is 0.000000166. The van der Waals surface area contributed by atoms with Crippen LogP contribution >= 0.6 is 0 Å². The molecular formula is C40H42Cl2Zr2-4. The number of hydrogen-bond acceptors (Lipinski definition) is 0. The van der Waals surface area contributed by atoms with Crippen LogP contribution in [0, 0.1) is 0 Å². The molecule has 0 spiro atoms. The first-order chi connectivity index (χ1) is 20.7. The van der Waals surface area contributed by atoms with E-state index in [2.05, 4.69) is 109 Å². The van der Waals surface area contributed by atoms with Crippen molar-refractivity contribution in [1.29, 1.82) is 0 Å². The molecule has 4 aromatic rings. The quantitative estimate of drug-likeness (QED) is 0.248. The molecule has 8 rings (SSSR count). The summed E-state index contributed by atoms with van der Waals surface area (Å²) in [4.78, 5) is 0. The molecular weight excluding hydrogens is 734 g/mol. The van der Waals surface area contributed by atoms with Crippen LogP contribution in [-0.4, -0.2) is 6.41 Å². The van der Waals surface area contributed by atoms with Crippen molar-refractivity contribution < 1.29 is 73.3 Å². The molecule has 0 N–H and O–H groups in total. The molecule has 0 aliphatic heterocycles. The molecule has 0 radical (unpaired) electrons. The first-order valence-electron chi connectivity index (χ1n) is 15.8. The van der Waals surface area contributed by atoms with Crippen molar-refractivity contribution in [3.05, 3.63) is 120 Å². The van der Waals surface area contributed by atoms with Crippen molar-refractivity contribution in [3.8, 4) is 0 Å². The van der Waals surface area contributed by atoms with Crippen LogP contribution < -0.4 is 24.8 Å². The van der Waals surface area contributed by atoms with Crippen molar-refractivity contribution in [2.45, 2.75) is 77.0 Å². The summed E-state index contributed by atoms with van der Waals surface area (Å²) in [5.74, 6) is 0. The van der Waals surface area contributed by atoms with E-state index in [4.69, 9.17) is 0 Å². The van der Waals surface area contributed by atoms with Crippen LogP contribution in [0.1, 0.15) is 88.2 Å². The van der Waals surface area contributed by atoms with E-state index >= 15 is 0 Å². The standard InChI is InChI=1S/2C14H11.2C6H10.2ClH.2Zr/c2*1-2-6-11(5-1)14-10-9-12-7-3-4-8-13(12)14;2*1-2-4-6-5-3-1;;;;/h2*1-5,7-10H,6H2;2*1-5H2;2*1H;;/q2*-1;;;;;;/p-2. The molecule has 2 fully saturated rings. The van der Waals surface area contributed by atoms with Crippen LogP contribution in [0.3, 0.4) is 0 Å². The van der Waals surface area contributed by atoms with Gasteiger partial charge in [-0.3, -0.25) is 0 Å². The number of rotatable bonds is 2. The number of fused-ring (bicyclic) bond motifs is 2. The van der Waals surface area contributed by atoms with Crippen LogP contribution in [0.15, 0.2) is 109 Å². The maximum absolute atomic E-state index is 2.23. The zero-order chi connectivity index (χ0) is 29.0. The molecule has 4 aliphatic rings. The molecule has 228 valence electrons. The van der Waals surface area contributed by atoms with Gasteiger partial charge in [-0.15, -0.1) is 81.2 Å². The Labute approximate surface area is 307 Å². The van der Waals surface area contributed by atoms with Crippen molar-refractivity contribution in [2.24, 2.45) is 0 Å². The number of halogens is 2. The van der Waals surface area contributed by atoms with Gasteiger partial charge in [-0.05, 0) is 12.8 Å². The molecule has 0 atom stereocenters. The summed E-state index contributed by atoms with van der Waals surface area (Å²) in [6.07, 6.45) is 29.9. The van der Waals surface area contributed by atoms with Crippen LogP contribution in [0.5, 0.6) is 0 Å². The molecule has 0 unspecified atom stereocenters. The van der Waals surface area contributed by atoms with E-state index in [0.29, 0.717) is 0 Å². The number of hydrogen-bond donors (Lipinski definition) is 0. The van der Waals surface area contributed by atoms with Crippen molar-refractivity contribution in [1.82, 2.24) is 0 Å². The fourth-order valence-corrected chi connectivity index (χ4v) is 7.85. The third-order valence-corrected chi connectivity index (χ3v) is 11.0. The van der Waals surface area contributed by atoms with Crippen LogP contribution in [0.4, 0.5) is 0 Å². The van der Waals surface area contributed by atoms with Gasteiger partial charge in [0.2, 0.25) is 0 Å². The predicted octanol–water partition coefficient (Wildman–Crippen LogP) is 5.15. The van der Waals surface area contributed by atoms with E-state index < -0.39 is 0 Å². The molecule has 4 heteroatoms. The second-order valence-corrected chi connectivity index (χ2v) is 15.1. The summed E-state index contributed by atoms with van der Waals surface area (Å²) < 4.78 is 3.61. The number of benzene rings is 2. The molecule has 4 aromatic carbocycles. The Morgan fingerprint density at radius 2 is 0.864 bits per heavy atom. The number of allylic oxidation sites excluding steroid dienone is 8. The van der Waals surface area contributed by atoms with Crippen LogP contribution in [-0.2, 0) is 48.5 Å². The summed E-state index contributed by atoms with van der Waals surface area (Å²) in [7, 11) is 0. The minimum absolute atomic E-state index is 0. The van der Waals surface area contributed by atoms with Crippen LogP contribution in [0.25, 0.3) is 32.7 Å². The first kappa shape index (κ1) is 37.2. The van der Waals surface area contributed by atoms with Crippen molar-refractivity contribution in [2.75, 3.05) is 0 Å². The van der Waals surface area contributed by atoms with Gasteiger partial charge in [0.15, 0.2) is 0 Å². The normalized spacial score (nSPS) is 16.7. The van der Waals surface area contributed by atoms with Gasteiger partial charge < -0.3 is 24.8 Å². The topological polar surface area (TPSA) is 0 Å². The Morgan fingerprint density at radius 1 is 0.477 bits per heavy atom. The van der Waals surface area contributed by atoms with Gasteiger partial charge in [0.1, 0.15) is 0 Å². The van der Waals surface area contributed by atoms with Gasteiger partial charge in [-0.2, -0.15) is 0 Å². The Hall–Kier alpha value is -1.29. The SMILES string of the molecule is C1=CCC([c-]2ccc3ccccc32)=C1.C1=CCC([c-]2ccc3ccccc32)=C1.[Cl-].[Cl-].[Zr]=[C]1CCCCC1.[Zr]=[C]1CCCCC1. The van der Waals surface area contributed by atoms with Crippen LogP contribution in [0.2, 0.25) is 0 Å². The van der Waals surface area contributed by atoms with E-state index in [0.717, 1.165) is 12.8 Å². The summed E-state index contributed by atoms with van der Waals surface area (Å²) in [6.45, 7) is 0.